The van der Waals surface area contributed by atoms with E-state index >= 15 is 0 Å². The maximum absolute atomic E-state index is 2.46. The van der Waals surface area contributed by atoms with Gasteiger partial charge in [-0.05, 0) is 35.7 Å². The number of benzene rings is 1. The van der Waals surface area contributed by atoms with Crippen molar-refractivity contribution in [2.75, 3.05) is 0 Å². The van der Waals surface area contributed by atoms with Crippen LogP contribution in [0, 0.1) is 17.3 Å². The molecule has 0 saturated heterocycles. The Labute approximate surface area is 93.7 Å². The molecule has 0 amide bonds. The predicted molar refractivity (Wildman–Crippen MR) is 65.8 cm³/mol. The van der Waals surface area contributed by atoms with Crippen LogP contribution in [-0.4, -0.2) is 0 Å². The Morgan fingerprint density at radius 2 is 1.93 bits per heavy atom. The largest absolute Gasteiger partial charge is 0.0649 e. The Balaban J connectivity index is 2.06. The van der Waals surface area contributed by atoms with E-state index in [1.807, 2.05) is 0 Å². The number of hydrogen-bond acceptors (Lipinski definition) is 0. The van der Waals surface area contributed by atoms with Gasteiger partial charge in [0.2, 0.25) is 0 Å². The summed E-state index contributed by atoms with van der Waals surface area (Å²) in [4.78, 5) is 0. The van der Waals surface area contributed by atoms with Crippen molar-refractivity contribution in [3.05, 3.63) is 35.9 Å². The molecule has 2 rings (SSSR count). The average Bonchev–Trinajstić information content (AvgIpc) is 2.27. The molecule has 1 aromatic carbocycles. The summed E-state index contributed by atoms with van der Waals surface area (Å²) in [6.07, 6.45) is 4.02. The normalized spacial score (nSPS) is 34.9. The SMILES string of the molecule is CCC1(C)CC(C)C1Cc1ccccc1. The Morgan fingerprint density at radius 1 is 1.27 bits per heavy atom. The lowest BCUT2D eigenvalue weighted by Gasteiger charge is -2.52. The van der Waals surface area contributed by atoms with Gasteiger partial charge in [0.05, 0.1) is 0 Å². The van der Waals surface area contributed by atoms with Crippen molar-refractivity contribution in [2.45, 2.75) is 40.0 Å². The maximum atomic E-state index is 2.46. The molecular formula is C15H22. The van der Waals surface area contributed by atoms with E-state index in [-0.39, 0.29) is 0 Å². The molecule has 0 heterocycles. The van der Waals surface area contributed by atoms with Gasteiger partial charge in [-0.1, -0.05) is 57.5 Å². The van der Waals surface area contributed by atoms with Gasteiger partial charge in [-0.3, -0.25) is 0 Å². The van der Waals surface area contributed by atoms with Gasteiger partial charge in [-0.15, -0.1) is 0 Å². The minimum Gasteiger partial charge on any atom is -0.0649 e. The Bertz CT molecular complexity index is 314. The molecule has 1 fully saturated rings. The summed E-state index contributed by atoms with van der Waals surface area (Å²) in [7, 11) is 0. The molecule has 3 unspecified atom stereocenters. The van der Waals surface area contributed by atoms with Gasteiger partial charge in [0.15, 0.2) is 0 Å². The molecule has 15 heavy (non-hydrogen) atoms. The monoisotopic (exact) mass is 202 g/mol. The molecule has 0 nitrogen and oxygen atoms in total. The predicted octanol–water partition coefficient (Wildman–Crippen LogP) is 4.30. The third-order valence-electron chi connectivity index (χ3n) is 4.48. The highest BCUT2D eigenvalue weighted by Gasteiger charge is 2.46. The van der Waals surface area contributed by atoms with Crippen LogP contribution >= 0.6 is 0 Å². The molecule has 0 heteroatoms. The summed E-state index contributed by atoms with van der Waals surface area (Å²) in [6, 6.07) is 10.9. The fraction of sp³-hybridized carbons (Fsp3) is 0.600. The lowest BCUT2D eigenvalue weighted by atomic mass is 9.52. The number of hydrogen-bond donors (Lipinski definition) is 0. The van der Waals surface area contributed by atoms with Crippen LogP contribution in [0.15, 0.2) is 30.3 Å². The van der Waals surface area contributed by atoms with Gasteiger partial charge in [-0.2, -0.15) is 0 Å². The van der Waals surface area contributed by atoms with Crippen LogP contribution in [0.1, 0.15) is 39.2 Å². The van der Waals surface area contributed by atoms with Crippen LogP contribution in [0.2, 0.25) is 0 Å². The average molecular weight is 202 g/mol. The van der Waals surface area contributed by atoms with Crippen molar-refractivity contribution < 1.29 is 0 Å². The summed E-state index contributed by atoms with van der Waals surface area (Å²) in [5.74, 6) is 1.81. The van der Waals surface area contributed by atoms with Crippen molar-refractivity contribution in [2.24, 2.45) is 17.3 Å². The van der Waals surface area contributed by atoms with Gasteiger partial charge in [0.1, 0.15) is 0 Å². The fourth-order valence-electron chi connectivity index (χ4n) is 3.28. The first-order valence-corrected chi connectivity index (χ1v) is 6.19. The summed E-state index contributed by atoms with van der Waals surface area (Å²) < 4.78 is 0. The van der Waals surface area contributed by atoms with Crippen LogP contribution in [0.4, 0.5) is 0 Å². The van der Waals surface area contributed by atoms with Crippen molar-refractivity contribution in [1.82, 2.24) is 0 Å². The third-order valence-corrected chi connectivity index (χ3v) is 4.48. The van der Waals surface area contributed by atoms with Crippen molar-refractivity contribution in [3.63, 3.8) is 0 Å². The summed E-state index contributed by atoms with van der Waals surface area (Å²) in [6.45, 7) is 7.20. The minimum atomic E-state index is 0.606. The molecule has 0 radical (unpaired) electrons. The molecule has 0 spiro atoms. The van der Waals surface area contributed by atoms with E-state index in [1.165, 1.54) is 24.8 Å². The van der Waals surface area contributed by atoms with Gasteiger partial charge in [0, 0.05) is 0 Å². The molecular weight excluding hydrogens is 180 g/mol. The van der Waals surface area contributed by atoms with Crippen LogP contribution in [-0.2, 0) is 6.42 Å². The summed E-state index contributed by atoms with van der Waals surface area (Å²) in [5.41, 5.74) is 2.11. The maximum Gasteiger partial charge on any atom is -0.0243 e. The molecule has 1 aliphatic carbocycles. The molecule has 82 valence electrons. The van der Waals surface area contributed by atoms with Gasteiger partial charge >= 0.3 is 0 Å². The highest BCUT2D eigenvalue weighted by molar-refractivity contribution is 5.17. The van der Waals surface area contributed by atoms with E-state index in [4.69, 9.17) is 0 Å². The standard InChI is InChI=1S/C15H22/c1-4-15(3)11-12(2)14(15)10-13-8-6-5-7-9-13/h5-9,12,14H,4,10-11H2,1-3H3. The van der Waals surface area contributed by atoms with Crippen molar-refractivity contribution in [1.29, 1.82) is 0 Å². The molecule has 0 aromatic heterocycles. The molecule has 0 bridgehead atoms. The van der Waals surface area contributed by atoms with Crippen LogP contribution in [0.5, 0.6) is 0 Å². The van der Waals surface area contributed by atoms with Gasteiger partial charge < -0.3 is 0 Å². The van der Waals surface area contributed by atoms with Crippen LogP contribution in [0.3, 0.4) is 0 Å². The second-order valence-electron chi connectivity index (χ2n) is 5.49. The molecule has 0 aliphatic heterocycles. The third kappa shape index (κ3) is 1.95. The van der Waals surface area contributed by atoms with E-state index in [0.717, 1.165) is 11.8 Å². The second kappa shape index (κ2) is 4.00. The van der Waals surface area contributed by atoms with E-state index < -0.39 is 0 Å². The molecule has 1 saturated carbocycles. The lowest BCUT2D eigenvalue weighted by molar-refractivity contribution is -0.0201. The van der Waals surface area contributed by atoms with Gasteiger partial charge in [-0.25, -0.2) is 0 Å². The lowest BCUT2D eigenvalue weighted by Crippen LogP contribution is -2.45. The van der Waals surface area contributed by atoms with Gasteiger partial charge in [0.25, 0.3) is 0 Å². The van der Waals surface area contributed by atoms with E-state index in [0.29, 0.717) is 5.41 Å². The van der Waals surface area contributed by atoms with E-state index in [1.54, 1.807) is 0 Å². The first kappa shape index (κ1) is 10.7. The number of rotatable bonds is 3. The summed E-state index contributed by atoms with van der Waals surface area (Å²) in [5, 5.41) is 0. The Hall–Kier alpha value is -0.780. The smallest absolute Gasteiger partial charge is 0.0243 e. The Kier molecular flexibility index (Phi) is 2.86. The minimum absolute atomic E-state index is 0.606. The summed E-state index contributed by atoms with van der Waals surface area (Å²) >= 11 is 0. The highest BCUT2D eigenvalue weighted by Crippen LogP contribution is 2.54. The molecule has 1 aromatic rings. The molecule has 3 atom stereocenters. The van der Waals surface area contributed by atoms with Crippen LogP contribution in [0.25, 0.3) is 0 Å². The zero-order valence-corrected chi connectivity index (χ0v) is 10.2. The fourth-order valence-corrected chi connectivity index (χ4v) is 3.28. The highest BCUT2D eigenvalue weighted by atomic mass is 14.5. The Morgan fingerprint density at radius 3 is 2.47 bits per heavy atom. The first-order valence-electron chi connectivity index (χ1n) is 6.19. The quantitative estimate of drug-likeness (QED) is 0.685. The first-order chi connectivity index (χ1) is 7.15. The van der Waals surface area contributed by atoms with Crippen molar-refractivity contribution in [3.8, 4) is 0 Å². The zero-order chi connectivity index (χ0) is 10.9. The zero-order valence-electron chi connectivity index (χ0n) is 10.2. The molecule has 0 N–H and O–H groups in total. The van der Waals surface area contributed by atoms with E-state index in [9.17, 15) is 0 Å². The topological polar surface area (TPSA) is 0 Å². The van der Waals surface area contributed by atoms with E-state index in [2.05, 4.69) is 51.1 Å². The second-order valence-corrected chi connectivity index (χ2v) is 5.49. The van der Waals surface area contributed by atoms with Crippen LogP contribution < -0.4 is 0 Å². The van der Waals surface area contributed by atoms with Crippen molar-refractivity contribution >= 4 is 0 Å². The molecule has 1 aliphatic rings.